The maximum atomic E-state index is 13.1. The zero-order valence-electron chi connectivity index (χ0n) is 17.2. The van der Waals surface area contributed by atoms with E-state index in [2.05, 4.69) is 20.6 Å². The summed E-state index contributed by atoms with van der Waals surface area (Å²) in [5.41, 5.74) is 3.84. The fourth-order valence-electron chi connectivity index (χ4n) is 3.21. The van der Waals surface area contributed by atoms with E-state index in [4.69, 9.17) is 0 Å². The van der Waals surface area contributed by atoms with Gasteiger partial charge in [-0.05, 0) is 49.2 Å². The third-order valence-corrected chi connectivity index (χ3v) is 4.93. The summed E-state index contributed by atoms with van der Waals surface area (Å²) in [6.07, 6.45) is 5.03. The van der Waals surface area contributed by atoms with Crippen molar-refractivity contribution in [3.63, 3.8) is 0 Å². The van der Waals surface area contributed by atoms with Gasteiger partial charge >= 0.3 is 0 Å². The third kappa shape index (κ3) is 4.78. The number of aryl methyl sites for hydroxylation is 1. The fourth-order valence-corrected chi connectivity index (χ4v) is 3.21. The van der Waals surface area contributed by atoms with Crippen LogP contribution >= 0.6 is 0 Å². The van der Waals surface area contributed by atoms with Gasteiger partial charge in [0.25, 0.3) is 5.91 Å². The molecule has 0 saturated heterocycles. The van der Waals surface area contributed by atoms with Crippen LogP contribution in [0.1, 0.15) is 34.6 Å². The van der Waals surface area contributed by atoms with E-state index in [1.807, 2.05) is 50.2 Å². The van der Waals surface area contributed by atoms with Crippen LogP contribution in [0.4, 0.5) is 15.9 Å². The second kappa shape index (κ2) is 8.79. The van der Waals surface area contributed by atoms with E-state index in [9.17, 15) is 9.18 Å². The van der Waals surface area contributed by atoms with Gasteiger partial charge in [0.05, 0.1) is 11.7 Å². The number of carbonyl (C=O) groups is 1. The molecule has 156 valence electrons. The lowest BCUT2D eigenvalue weighted by Crippen LogP contribution is -2.26. The van der Waals surface area contributed by atoms with Crippen LogP contribution in [-0.4, -0.2) is 20.4 Å². The van der Waals surface area contributed by atoms with Gasteiger partial charge in [-0.2, -0.15) is 0 Å². The largest absolute Gasteiger partial charge is 0.344 e. The van der Waals surface area contributed by atoms with Gasteiger partial charge in [0.2, 0.25) is 0 Å². The highest BCUT2D eigenvalue weighted by atomic mass is 19.1. The summed E-state index contributed by atoms with van der Waals surface area (Å²) in [5.74, 6) is 0.0602. The Balaban J connectivity index is 1.51. The summed E-state index contributed by atoms with van der Waals surface area (Å²) < 4.78 is 14.9. The average Bonchev–Trinajstić information content (AvgIpc) is 3.27. The topological polar surface area (TPSA) is 71.8 Å². The van der Waals surface area contributed by atoms with Gasteiger partial charge in [0, 0.05) is 24.1 Å². The van der Waals surface area contributed by atoms with Crippen molar-refractivity contribution in [3.8, 4) is 5.69 Å². The minimum atomic E-state index is -0.297. The van der Waals surface area contributed by atoms with Crippen LogP contribution in [0, 0.1) is 12.7 Å². The molecule has 2 aromatic carbocycles. The van der Waals surface area contributed by atoms with Crippen molar-refractivity contribution >= 4 is 17.4 Å². The van der Waals surface area contributed by atoms with Gasteiger partial charge in [0.1, 0.15) is 23.7 Å². The second-order valence-electron chi connectivity index (χ2n) is 7.26. The summed E-state index contributed by atoms with van der Waals surface area (Å²) >= 11 is 0. The Morgan fingerprint density at radius 3 is 2.55 bits per heavy atom. The Hall–Kier alpha value is -4.00. The minimum Gasteiger partial charge on any atom is -0.344 e. The molecule has 0 aliphatic carbocycles. The molecule has 1 unspecified atom stereocenters. The maximum absolute atomic E-state index is 13.1. The van der Waals surface area contributed by atoms with Crippen molar-refractivity contribution in [2.75, 3.05) is 5.32 Å². The number of imidazole rings is 1. The fraction of sp³-hybridized carbons (Fsp3) is 0.125. The van der Waals surface area contributed by atoms with Crippen LogP contribution in [0.2, 0.25) is 0 Å². The maximum Gasteiger partial charge on any atom is 0.271 e. The SMILES string of the molecule is Cc1cnc(Nc2ccc(F)cc2)cc1-n1cnc(C(=O)NC(C)c2ccccc2)c1. The predicted octanol–water partition coefficient (Wildman–Crippen LogP) is 4.95. The van der Waals surface area contributed by atoms with Crippen molar-refractivity contribution in [3.05, 3.63) is 102 Å². The molecular formula is C24H22FN5O. The molecule has 2 aromatic heterocycles. The third-order valence-electron chi connectivity index (χ3n) is 4.93. The minimum absolute atomic E-state index is 0.131. The quantitative estimate of drug-likeness (QED) is 0.467. The zero-order chi connectivity index (χ0) is 21.8. The average molecular weight is 415 g/mol. The van der Waals surface area contributed by atoms with Gasteiger partial charge in [0.15, 0.2) is 0 Å². The highest BCUT2D eigenvalue weighted by Crippen LogP contribution is 2.21. The molecule has 0 aliphatic rings. The number of amides is 1. The Morgan fingerprint density at radius 2 is 1.81 bits per heavy atom. The number of aromatic nitrogens is 3. The van der Waals surface area contributed by atoms with Crippen LogP contribution < -0.4 is 10.6 Å². The predicted molar refractivity (Wildman–Crippen MR) is 118 cm³/mol. The number of carbonyl (C=O) groups excluding carboxylic acids is 1. The second-order valence-corrected chi connectivity index (χ2v) is 7.26. The molecule has 1 atom stereocenters. The molecular weight excluding hydrogens is 393 g/mol. The molecule has 0 fully saturated rings. The molecule has 2 heterocycles. The Labute approximate surface area is 179 Å². The molecule has 0 aliphatic heterocycles. The first-order valence-electron chi connectivity index (χ1n) is 9.89. The molecule has 4 aromatic rings. The molecule has 2 N–H and O–H groups in total. The summed E-state index contributed by atoms with van der Waals surface area (Å²) in [6, 6.07) is 17.5. The van der Waals surface area contributed by atoms with Crippen molar-refractivity contribution in [1.29, 1.82) is 0 Å². The van der Waals surface area contributed by atoms with E-state index >= 15 is 0 Å². The number of nitrogens with zero attached hydrogens (tertiary/aromatic N) is 3. The van der Waals surface area contributed by atoms with E-state index in [1.165, 1.54) is 12.1 Å². The number of hydrogen-bond acceptors (Lipinski definition) is 4. The number of rotatable bonds is 6. The van der Waals surface area contributed by atoms with Crippen LogP contribution in [0.15, 0.2) is 79.4 Å². The normalized spacial score (nSPS) is 11.7. The Bertz CT molecular complexity index is 1190. The molecule has 6 nitrogen and oxygen atoms in total. The molecule has 0 bridgehead atoms. The van der Waals surface area contributed by atoms with E-state index < -0.39 is 0 Å². The highest BCUT2D eigenvalue weighted by Gasteiger charge is 2.15. The molecule has 0 radical (unpaired) electrons. The van der Waals surface area contributed by atoms with Crippen LogP contribution in [0.25, 0.3) is 5.69 Å². The number of benzene rings is 2. The van der Waals surface area contributed by atoms with E-state index in [-0.39, 0.29) is 17.8 Å². The zero-order valence-corrected chi connectivity index (χ0v) is 17.2. The first kappa shape index (κ1) is 20.3. The van der Waals surface area contributed by atoms with Gasteiger partial charge in [-0.25, -0.2) is 14.4 Å². The Kier molecular flexibility index (Phi) is 5.75. The lowest BCUT2D eigenvalue weighted by molar-refractivity contribution is 0.0935. The van der Waals surface area contributed by atoms with Gasteiger partial charge in [-0.15, -0.1) is 0 Å². The van der Waals surface area contributed by atoms with Crippen LogP contribution in [0.5, 0.6) is 0 Å². The van der Waals surface area contributed by atoms with Gasteiger partial charge < -0.3 is 15.2 Å². The Morgan fingerprint density at radius 1 is 1.06 bits per heavy atom. The van der Waals surface area contributed by atoms with Crippen molar-refractivity contribution in [2.24, 2.45) is 0 Å². The molecule has 31 heavy (non-hydrogen) atoms. The number of hydrogen-bond donors (Lipinski definition) is 2. The summed E-state index contributed by atoms with van der Waals surface area (Å²) in [7, 11) is 0. The van der Waals surface area contributed by atoms with Crippen molar-refractivity contribution < 1.29 is 9.18 Å². The van der Waals surface area contributed by atoms with E-state index in [0.29, 0.717) is 11.5 Å². The monoisotopic (exact) mass is 415 g/mol. The number of nitrogens with one attached hydrogen (secondary N) is 2. The van der Waals surface area contributed by atoms with Gasteiger partial charge in [-0.1, -0.05) is 30.3 Å². The molecule has 4 rings (SSSR count). The summed E-state index contributed by atoms with van der Waals surface area (Å²) in [4.78, 5) is 21.3. The van der Waals surface area contributed by atoms with Gasteiger partial charge in [-0.3, -0.25) is 4.79 Å². The number of anilines is 2. The standard InChI is InChI=1S/C24H22FN5O/c1-16-13-26-23(29-20-10-8-19(25)9-11-20)12-22(16)30-14-21(27-15-30)24(31)28-17(2)18-6-4-3-5-7-18/h3-15,17H,1-2H3,(H,26,29)(H,28,31). The van der Waals surface area contributed by atoms with E-state index in [0.717, 1.165) is 22.5 Å². The molecule has 1 amide bonds. The highest BCUT2D eigenvalue weighted by molar-refractivity contribution is 5.92. The van der Waals surface area contributed by atoms with Crippen molar-refractivity contribution in [1.82, 2.24) is 19.9 Å². The number of pyridine rings is 1. The molecule has 7 heteroatoms. The molecule has 0 spiro atoms. The van der Waals surface area contributed by atoms with Crippen LogP contribution in [-0.2, 0) is 0 Å². The summed E-state index contributed by atoms with van der Waals surface area (Å²) in [6.45, 7) is 3.87. The van der Waals surface area contributed by atoms with E-state index in [1.54, 1.807) is 35.4 Å². The first-order valence-corrected chi connectivity index (χ1v) is 9.89. The lowest BCUT2D eigenvalue weighted by Gasteiger charge is -2.13. The molecule has 0 saturated carbocycles. The van der Waals surface area contributed by atoms with Crippen molar-refractivity contribution in [2.45, 2.75) is 19.9 Å². The van der Waals surface area contributed by atoms with Crippen LogP contribution in [0.3, 0.4) is 0 Å². The smallest absolute Gasteiger partial charge is 0.271 e. The summed E-state index contributed by atoms with van der Waals surface area (Å²) in [5, 5.41) is 6.12. The number of halogens is 1. The lowest BCUT2D eigenvalue weighted by atomic mass is 10.1. The first-order chi connectivity index (χ1) is 15.0.